The number of aromatic nitrogens is 4. The third-order valence-corrected chi connectivity index (χ3v) is 5.41. The number of nitrogens with two attached hydrogens (primary N) is 2. The molecule has 0 aromatic carbocycles. The van der Waals surface area contributed by atoms with Crippen molar-refractivity contribution in [1.82, 2.24) is 19.3 Å². The third-order valence-electron chi connectivity index (χ3n) is 4.30. The van der Waals surface area contributed by atoms with E-state index >= 15 is 0 Å². The number of fused-ring (bicyclic) bond motifs is 1. The van der Waals surface area contributed by atoms with Gasteiger partial charge in [0.25, 0.3) is 5.56 Å². The molecular weight excluding hydrogens is 407 g/mol. The molecule has 0 saturated carbocycles. The predicted molar refractivity (Wildman–Crippen MR) is 118 cm³/mol. The van der Waals surface area contributed by atoms with E-state index in [1.54, 1.807) is 31.1 Å². The lowest BCUT2D eigenvalue weighted by molar-refractivity contribution is 0.560. The third kappa shape index (κ3) is 4.40. The highest BCUT2D eigenvalue weighted by atomic mass is 32.2. The molecular formula is C19H21FN8OS. The Bertz CT molecular complexity index is 1230. The van der Waals surface area contributed by atoms with Gasteiger partial charge in [0.05, 0.1) is 17.8 Å². The van der Waals surface area contributed by atoms with Gasteiger partial charge in [0.1, 0.15) is 22.8 Å². The number of anilines is 1. The van der Waals surface area contributed by atoms with E-state index in [9.17, 15) is 9.18 Å². The van der Waals surface area contributed by atoms with E-state index in [2.05, 4.69) is 15.1 Å². The molecule has 0 amide bonds. The van der Waals surface area contributed by atoms with Crippen molar-refractivity contribution in [1.29, 1.82) is 5.41 Å². The zero-order valence-electron chi connectivity index (χ0n) is 16.5. The highest BCUT2D eigenvalue weighted by Gasteiger charge is 2.17. The van der Waals surface area contributed by atoms with Crippen LogP contribution in [-0.2, 0) is 13.6 Å². The highest BCUT2D eigenvalue weighted by Crippen LogP contribution is 2.29. The lowest BCUT2D eigenvalue weighted by atomic mass is 10.3. The molecule has 0 aliphatic heterocycles. The first-order valence-corrected chi connectivity index (χ1v) is 9.71. The molecule has 30 heavy (non-hydrogen) atoms. The summed E-state index contributed by atoms with van der Waals surface area (Å²) in [4.78, 5) is 21.9. The Morgan fingerprint density at radius 1 is 1.43 bits per heavy atom. The van der Waals surface area contributed by atoms with Crippen molar-refractivity contribution in [2.24, 2.45) is 17.8 Å². The Labute approximate surface area is 175 Å². The molecule has 0 aliphatic carbocycles. The van der Waals surface area contributed by atoms with Gasteiger partial charge >= 0.3 is 0 Å². The number of nitrogens with zero attached hydrogens (tertiary/aromatic N) is 5. The molecule has 0 fully saturated rings. The average Bonchev–Trinajstić information content (AvgIpc) is 3.02. The summed E-state index contributed by atoms with van der Waals surface area (Å²) in [5, 5.41) is 13.4. The maximum absolute atomic E-state index is 14.0. The molecule has 0 atom stereocenters. The van der Waals surface area contributed by atoms with Gasteiger partial charge < -0.3 is 21.4 Å². The number of hydrogen-bond acceptors (Lipinski definition) is 8. The minimum Gasteiger partial charge on any atom is -0.405 e. The summed E-state index contributed by atoms with van der Waals surface area (Å²) in [6.45, 7) is -0.135. The van der Waals surface area contributed by atoms with E-state index in [0.29, 0.717) is 28.1 Å². The van der Waals surface area contributed by atoms with Crippen LogP contribution < -0.4 is 17.0 Å². The summed E-state index contributed by atoms with van der Waals surface area (Å²) in [6.07, 6.45) is 6.48. The molecule has 11 heteroatoms. The number of aliphatic imine (C=N–C) groups is 1. The summed E-state index contributed by atoms with van der Waals surface area (Å²) in [7, 11) is 3.39. The second-order valence-electron chi connectivity index (χ2n) is 6.42. The first-order chi connectivity index (χ1) is 14.3. The van der Waals surface area contributed by atoms with Crippen molar-refractivity contribution in [3.8, 4) is 0 Å². The second kappa shape index (κ2) is 8.91. The van der Waals surface area contributed by atoms with Crippen LogP contribution in [0.1, 0.15) is 12.1 Å². The van der Waals surface area contributed by atoms with Crippen LogP contribution in [0, 0.1) is 11.2 Å². The zero-order chi connectivity index (χ0) is 21.8. The van der Waals surface area contributed by atoms with E-state index < -0.39 is 5.82 Å². The maximum atomic E-state index is 14.0. The summed E-state index contributed by atoms with van der Waals surface area (Å²) in [5.41, 5.74) is 11.4. The molecule has 0 aliphatic rings. The number of allylic oxidation sites excluding steroid dienone is 1. The van der Waals surface area contributed by atoms with E-state index in [4.69, 9.17) is 16.9 Å². The van der Waals surface area contributed by atoms with Crippen LogP contribution in [0.3, 0.4) is 0 Å². The van der Waals surface area contributed by atoms with Crippen LogP contribution in [0.25, 0.3) is 10.9 Å². The Balaban J connectivity index is 1.95. The topological polar surface area (TPSA) is 141 Å². The van der Waals surface area contributed by atoms with Crippen LogP contribution in [0.2, 0.25) is 0 Å². The van der Waals surface area contributed by atoms with Crippen molar-refractivity contribution >= 4 is 39.2 Å². The fraction of sp³-hybridized carbons (Fsp3) is 0.211. The minimum absolute atomic E-state index is 0.0413. The van der Waals surface area contributed by atoms with Crippen LogP contribution in [-0.4, -0.2) is 37.1 Å². The molecule has 3 rings (SSSR count). The molecule has 0 radical (unpaired) electrons. The van der Waals surface area contributed by atoms with E-state index in [1.165, 1.54) is 36.2 Å². The molecule has 0 unspecified atom stereocenters. The number of halogens is 1. The lowest BCUT2D eigenvalue weighted by Gasteiger charge is -2.07. The molecule has 5 N–H and O–H groups in total. The Morgan fingerprint density at radius 2 is 2.20 bits per heavy atom. The minimum atomic E-state index is -0.557. The molecule has 3 aromatic rings. The second-order valence-corrected chi connectivity index (χ2v) is 7.53. The summed E-state index contributed by atoms with van der Waals surface area (Å²) >= 11 is 1.35. The van der Waals surface area contributed by atoms with Gasteiger partial charge in [-0.15, -0.1) is 0 Å². The highest BCUT2D eigenvalue weighted by molar-refractivity contribution is 8.14. The molecule has 0 saturated heterocycles. The standard InChI is InChI=1S/C19H21FN8OS/c1-24-17(7-11(22)5-6-21)30-15-10-27(2)18-12(15)8-25-28(19(18)29)9-14-13(20)3-4-16(23)26-14/h3-6,8,10,22H,7,9,21H2,1-2H3,(H2,23,26)/b6-5-,22-11?,24-17-. The van der Waals surface area contributed by atoms with Crippen molar-refractivity contribution in [2.45, 2.75) is 17.9 Å². The normalized spacial score (nSPS) is 12.2. The van der Waals surface area contributed by atoms with Gasteiger partial charge in [0, 0.05) is 42.7 Å². The monoisotopic (exact) mass is 428 g/mol. The maximum Gasteiger partial charge on any atom is 0.291 e. The molecule has 9 nitrogen and oxygen atoms in total. The molecule has 0 spiro atoms. The molecule has 3 heterocycles. The molecule has 3 aromatic heterocycles. The van der Waals surface area contributed by atoms with Gasteiger partial charge in [-0.2, -0.15) is 5.10 Å². The smallest absolute Gasteiger partial charge is 0.291 e. The number of thioether (sulfide) groups is 1. The van der Waals surface area contributed by atoms with Crippen LogP contribution >= 0.6 is 11.8 Å². The van der Waals surface area contributed by atoms with Crippen LogP contribution in [0.4, 0.5) is 10.2 Å². The van der Waals surface area contributed by atoms with Gasteiger partial charge in [0.15, 0.2) is 0 Å². The fourth-order valence-corrected chi connectivity index (χ4v) is 3.93. The van der Waals surface area contributed by atoms with Gasteiger partial charge in [-0.1, -0.05) is 11.8 Å². The van der Waals surface area contributed by atoms with Gasteiger partial charge in [0.2, 0.25) is 0 Å². The van der Waals surface area contributed by atoms with Gasteiger partial charge in [-0.3, -0.25) is 9.79 Å². The quantitative estimate of drug-likeness (QED) is 0.311. The van der Waals surface area contributed by atoms with E-state index in [0.717, 1.165) is 9.58 Å². The fourth-order valence-electron chi connectivity index (χ4n) is 2.88. The Hall–Kier alpha value is -3.47. The Morgan fingerprint density at radius 3 is 2.90 bits per heavy atom. The van der Waals surface area contributed by atoms with Crippen molar-refractivity contribution < 1.29 is 4.39 Å². The predicted octanol–water partition coefficient (Wildman–Crippen LogP) is 1.90. The number of aryl methyl sites for hydroxylation is 1. The summed E-state index contributed by atoms with van der Waals surface area (Å²) in [6, 6.07) is 2.57. The number of hydrogen-bond donors (Lipinski definition) is 3. The first kappa shape index (κ1) is 21.2. The lowest BCUT2D eigenvalue weighted by Crippen LogP contribution is -2.25. The van der Waals surface area contributed by atoms with Crippen LogP contribution in [0.5, 0.6) is 0 Å². The SMILES string of the molecule is C/N=C(/CC(=N)/C=C\N)Sc1cn(C)c2c(=O)n(Cc3nc(N)ccc3F)ncc12. The molecule has 0 bridgehead atoms. The van der Waals surface area contributed by atoms with E-state index in [-0.39, 0.29) is 23.6 Å². The van der Waals surface area contributed by atoms with Crippen molar-refractivity contribution in [3.05, 3.63) is 58.7 Å². The molecule has 156 valence electrons. The van der Waals surface area contributed by atoms with Gasteiger partial charge in [-0.05, 0) is 24.4 Å². The first-order valence-electron chi connectivity index (χ1n) is 8.89. The summed E-state index contributed by atoms with van der Waals surface area (Å²) in [5.74, 6) is -0.390. The van der Waals surface area contributed by atoms with Gasteiger partial charge in [-0.25, -0.2) is 14.1 Å². The van der Waals surface area contributed by atoms with Crippen molar-refractivity contribution in [3.63, 3.8) is 0 Å². The summed E-state index contributed by atoms with van der Waals surface area (Å²) < 4.78 is 16.9. The Kier molecular flexibility index (Phi) is 6.31. The van der Waals surface area contributed by atoms with E-state index in [1.807, 2.05) is 0 Å². The average molecular weight is 428 g/mol. The number of nitrogen functional groups attached to an aromatic ring is 1. The van der Waals surface area contributed by atoms with Crippen LogP contribution in [0.15, 0.2) is 51.5 Å². The zero-order valence-corrected chi connectivity index (χ0v) is 17.3. The largest absolute Gasteiger partial charge is 0.405 e. The number of pyridine rings is 1. The number of rotatable bonds is 6. The van der Waals surface area contributed by atoms with Crippen molar-refractivity contribution in [2.75, 3.05) is 12.8 Å². The number of nitrogens with one attached hydrogen (secondary N) is 1.